The molecule has 0 atom stereocenters. The lowest BCUT2D eigenvalue weighted by molar-refractivity contribution is 0.192. The van der Waals surface area contributed by atoms with Crippen molar-refractivity contribution in [1.82, 2.24) is 19.5 Å². The molecule has 164 valence electrons. The van der Waals surface area contributed by atoms with Crippen LogP contribution in [-0.2, 0) is 33.8 Å². The highest BCUT2D eigenvalue weighted by atomic mass is 35.5. The van der Waals surface area contributed by atoms with Gasteiger partial charge < -0.3 is 22.7 Å². The van der Waals surface area contributed by atoms with E-state index in [0.717, 1.165) is 0 Å². The lowest BCUT2D eigenvalue weighted by Crippen LogP contribution is -2.23. The van der Waals surface area contributed by atoms with Crippen molar-refractivity contribution in [3.63, 3.8) is 0 Å². The Morgan fingerprint density at radius 1 is 0.897 bits per heavy atom. The maximum atomic E-state index is 13.6. The van der Waals surface area contributed by atoms with Crippen molar-refractivity contribution in [2.75, 3.05) is 26.4 Å². The van der Waals surface area contributed by atoms with Gasteiger partial charge in [0.2, 0.25) is 0 Å². The Labute approximate surface area is 179 Å². The summed E-state index contributed by atoms with van der Waals surface area (Å²) in [6.45, 7) is 6.83. The van der Waals surface area contributed by atoms with Gasteiger partial charge in [-0.15, -0.1) is 0 Å². The molecule has 0 spiro atoms. The molecule has 29 heavy (non-hydrogen) atoms. The summed E-state index contributed by atoms with van der Waals surface area (Å²) in [5, 5.41) is -1.28. The summed E-state index contributed by atoms with van der Waals surface area (Å²) in [5.74, 6) is 0. The van der Waals surface area contributed by atoms with Crippen molar-refractivity contribution >= 4 is 49.7 Å². The molecule has 14 heteroatoms. The zero-order valence-electron chi connectivity index (χ0n) is 16.6. The normalized spacial score (nSPS) is 12.9. The topological polar surface area (TPSA) is 115 Å². The zero-order chi connectivity index (χ0) is 21.7. The van der Waals surface area contributed by atoms with Crippen LogP contribution in [0, 0.1) is 0 Å². The molecule has 0 aromatic carbocycles. The summed E-state index contributed by atoms with van der Waals surface area (Å²) in [5.41, 5.74) is 0.493. The van der Waals surface area contributed by atoms with E-state index in [1.807, 2.05) is 0 Å². The highest BCUT2D eigenvalue weighted by molar-refractivity contribution is 7.72. The smallest absolute Gasteiger partial charge is 0.312 e. The molecular formula is C15H24Cl2N4O6P2. The van der Waals surface area contributed by atoms with Crippen molar-refractivity contribution in [2.24, 2.45) is 0 Å². The van der Waals surface area contributed by atoms with Crippen molar-refractivity contribution in [3.05, 3.63) is 16.6 Å². The monoisotopic (exact) mass is 488 g/mol. The maximum absolute atomic E-state index is 13.6. The molecule has 2 aromatic rings. The van der Waals surface area contributed by atoms with E-state index < -0.39 is 20.6 Å². The second-order valence-electron chi connectivity index (χ2n) is 5.58. The molecule has 0 unspecified atom stereocenters. The predicted molar refractivity (Wildman–Crippen MR) is 111 cm³/mol. The van der Waals surface area contributed by atoms with Gasteiger partial charge in [-0.05, 0) is 27.7 Å². The van der Waals surface area contributed by atoms with Gasteiger partial charge in [-0.3, -0.25) is 9.13 Å². The molecule has 0 aliphatic heterocycles. The van der Waals surface area contributed by atoms with Crippen LogP contribution in [0.25, 0.3) is 11.3 Å². The number of hydrogen-bond acceptors (Lipinski definition) is 9. The lowest BCUT2D eigenvalue weighted by Gasteiger charge is -2.31. The fourth-order valence-corrected chi connectivity index (χ4v) is 8.12. The number of aromatic nitrogens is 4. The van der Waals surface area contributed by atoms with E-state index in [0.29, 0.717) is 0 Å². The van der Waals surface area contributed by atoms with Gasteiger partial charge in [0.15, 0.2) is 27.0 Å². The number of halogens is 2. The van der Waals surface area contributed by atoms with Crippen LogP contribution in [0.4, 0.5) is 0 Å². The van der Waals surface area contributed by atoms with Crippen LogP contribution in [0.3, 0.4) is 0 Å². The van der Waals surface area contributed by atoms with Crippen LogP contribution in [0.15, 0.2) is 6.33 Å². The Hall–Kier alpha value is -0.570. The highest BCUT2D eigenvalue weighted by Gasteiger charge is 2.51. The first-order valence-electron chi connectivity index (χ1n) is 9.06. The summed E-state index contributed by atoms with van der Waals surface area (Å²) in [7, 11) is -7.84. The van der Waals surface area contributed by atoms with E-state index >= 15 is 0 Å². The Morgan fingerprint density at radius 3 is 1.79 bits per heavy atom. The number of imidazole rings is 1. The number of rotatable bonds is 12. The third-order valence-corrected chi connectivity index (χ3v) is 10.3. The SMILES string of the molecule is CCOP(=O)(OCC)C(Cn1cnc2nc(Cl)c(Cl)nc21)P(=O)(OCC)OCC. The number of nitrogens with zero attached hydrogens (tertiary/aromatic N) is 4. The Bertz CT molecular complexity index is 878. The van der Waals surface area contributed by atoms with Gasteiger partial charge in [-0.25, -0.2) is 15.0 Å². The molecule has 2 heterocycles. The summed E-state index contributed by atoms with van der Waals surface area (Å²) in [4.78, 5) is 12.3. The summed E-state index contributed by atoms with van der Waals surface area (Å²) < 4.78 is 50.5. The zero-order valence-corrected chi connectivity index (χ0v) is 19.9. The molecule has 2 aromatic heterocycles. The van der Waals surface area contributed by atoms with Gasteiger partial charge in [-0.1, -0.05) is 23.2 Å². The summed E-state index contributed by atoms with van der Waals surface area (Å²) in [6.07, 6.45) is 1.40. The minimum absolute atomic E-state index is 0.00424. The average molecular weight is 489 g/mol. The molecule has 0 amide bonds. The van der Waals surface area contributed by atoms with Gasteiger partial charge in [0.05, 0.1) is 39.3 Å². The molecule has 0 aliphatic carbocycles. The third kappa shape index (κ3) is 5.57. The standard InChI is InChI=1S/C15H24Cl2N4O6P2/c1-5-24-28(22,25-6-2)11(29(23,26-7-3)27-8-4)9-21-10-18-14-15(21)20-13(17)12(16)19-14/h10-11H,5-9H2,1-4H3. The first-order valence-corrected chi connectivity index (χ1v) is 13.0. The number of hydrogen-bond donors (Lipinski definition) is 0. The largest absolute Gasteiger partial charge is 0.347 e. The van der Waals surface area contributed by atoms with Crippen molar-refractivity contribution in [1.29, 1.82) is 0 Å². The van der Waals surface area contributed by atoms with E-state index in [4.69, 9.17) is 41.3 Å². The molecule has 0 aliphatic rings. The average Bonchev–Trinajstić information content (AvgIpc) is 3.02. The van der Waals surface area contributed by atoms with Crippen LogP contribution in [0.2, 0.25) is 10.3 Å². The first kappa shape index (κ1) is 24.7. The van der Waals surface area contributed by atoms with Gasteiger partial charge in [0, 0.05) is 0 Å². The van der Waals surface area contributed by atoms with E-state index in [9.17, 15) is 9.13 Å². The van der Waals surface area contributed by atoms with E-state index in [2.05, 4.69) is 15.0 Å². The van der Waals surface area contributed by atoms with Crippen LogP contribution >= 0.6 is 38.4 Å². The molecule has 0 N–H and O–H groups in total. The first-order chi connectivity index (χ1) is 13.7. The summed E-state index contributed by atoms with van der Waals surface area (Å²) >= 11 is 11.9. The minimum atomic E-state index is -3.92. The highest BCUT2D eigenvalue weighted by Crippen LogP contribution is 2.70. The second kappa shape index (κ2) is 10.6. The van der Waals surface area contributed by atoms with Crippen LogP contribution in [0.1, 0.15) is 27.7 Å². The lowest BCUT2D eigenvalue weighted by atomic mass is 10.6. The van der Waals surface area contributed by atoms with Gasteiger partial charge in [0.1, 0.15) is 0 Å². The van der Waals surface area contributed by atoms with Crippen LogP contribution in [0.5, 0.6) is 0 Å². The minimum Gasteiger partial charge on any atom is -0.312 e. The molecular weight excluding hydrogens is 465 g/mol. The third-order valence-electron chi connectivity index (χ3n) is 3.70. The molecule has 10 nitrogen and oxygen atoms in total. The van der Waals surface area contributed by atoms with Crippen molar-refractivity contribution < 1.29 is 27.2 Å². The molecule has 0 radical (unpaired) electrons. The Kier molecular flexibility index (Phi) is 9.06. The maximum Gasteiger partial charge on any atom is 0.347 e. The Morgan fingerprint density at radius 2 is 1.34 bits per heavy atom. The van der Waals surface area contributed by atoms with E-state index in [1.165, 1.54) is 10.9 Å². The van der Waals surface area contributed by atoms with Gasteiger partial charge in [-0.2, -0.15) is 0 Å². The summed E-state index contributed by atoms with van der Waals surface area (Å²) in [6, 6.07) is 0. The quantitative estimate of drug-likeness (QED) is 0.380. The van der Waals surface area contributed by atoms with E-state index in [-0.39, 0.29) is 54.6 Å². The fourth-order valence-electron chi connectivity index (χ4n) is 2.66. The van der Waals surface area contributed by atoms with Crippen molar-refractivity contribution in [2.45, 2.75) is 39.6 Å². The van der Waals surface area contributed by atoms with Gasteiger partial charge >= 0.3 is 15.2 Å². The molecule has 0 fully saturated rings. The molecule has 0 bridgehead atoms. The predicted octanol–water partition coefficient (Wildman–Crippen LogP) is 4.99. The van der Waals surface area contributed by atoms with Crippen LogP contribution < -0.4 is 0 Å². The van der Waals surface area contributed by atoms with Gasteiger partial charge in [0.25, 0.3) is 0 Å². The second-order valence-corrected chi connectivity index (χ2v) is 11.1. The molecule has 0 saturated heterocycles. The molecule has 2 rings (SSSR count). The molecule has 0 saturated carbocycles. The van der Waals surface area contributed by atoms with Crippen LogP contribution in [-0.4, -0.2) is 51.3 Å². The fraction of sp³-hybridized carbons (Fsp3) is 0.667. The van der Waals surface area contributed by atoms with Crippen molar-refractivity contribution in [3.8, 4) is 0 Å². The Balaban J connectivity index is 2.59. The number of fused-ring (bicyclic) bond motifs is 1. The van der Waals surface area contributed by atoms with E-state index in [1.54, 1.807) is 27.7 Å².